The van der Waals surface area contributed by atoms with Gasteiger partial charge in [-0.25, -0.2) is 0 Å². The van der Waals surface area contributed by atoms with E-state index < -0.39 is 36.6 Å². The first-order valence-corrected chi connectivity index (χ1v) is 9.44. The zero-order valence-corrected chi connectivity index (χ0v) is 16.3. The molecule has 2 aliphatic rings. The number of halogens is 4. The fourth-order valence-electron chi connectivity index (χ4n) is 3.78. The van der Waals surface area contributed by atoms with E-state index in [4.69, 9.17) is 9.26 Å². The molecule has 4 heterocycles. The van der Waals surface area contributed by atoms with Crippen LogP contribution in [0.2, 0.25) is 0 Å². The van der Waals surface area contributed by atoms with Crippen LogP contribution in [0, 0.1) is 12.7 Å². The third kappa shape index (κ3) is 3.61. The number of nitrogens with zero attached hydrogens (tertiary/aromatic N) is 6. The molecule has 0 radical (unpaired) electrons. The fraction of sp³-hybridized carbons (Fsp3) is 0.647. The Morgan fingerprint density at radius 1 is 1.23 bits per heavy atom. The Balaban J connectivity index is 1.83. The second-order valence-corrected chi connectivity index (χ2v) is 7.33. The molecule has 2 atom stereocenters. The average molecular weight is 432 g/mol. The Labute approximate surface area is 168 Å². The number of ether oxygens (including phenoxy) is 1. The van der Waals surface area contributed by atoms with Crippen molar-refractivity contribution in [2.24, 2.45) is 0 Å². The van der Waals surface area contributed by atoms with E-state index in [9.17, 15) is 22.4 Å². The summed E-state index contributed by atoms with van der Waals surface area (Å²) in [6.45, 7) is 3.42. The molecule has 1 fully saturated rings. The number of hydrogen-bond acceptors (Lipinski definition) is 8. The van der Waals surface area contributed by atoms with Gasteiger partial charge < -0.3 is 19.1 Å². The molecule has 0 aromatic carbocycles. The Morgan fingerprint density at radius 3 is 2.63 bits per heavy atom. The van der Waals surface area contributed by atoms with Crippen LogP contribution in [0.25, 0.3) is 0 Å². The van der Waals surface area contributed by atoms with Crippen molar-refractivity contribution in [3.8, 4) is 0 Å². The van der Waals surface area contributed by atoms with E-state index in [0.717, 1.165) is 9.47 Å². The topological polar surface area (TPSA) is 89.5 Å². The maximum Gasteiger partial charge on any atom is 0.408 e. The Bertz CT molecular complexity index is 991. The second kappa shape index (κ2) is 7.52. The standard InChI is InChI=1S/C17H20F4N6O3/c1-9-8-29-6-5-25(9)14-13(18)15(28)26-4-3-11(17(19,20)21)27(16(26)23-14)7-12-22-10(2)24-30-12/h9,11H,3-8H2,1-2H3. The third-order valence-corrected chi connectivity index (χ3v) is 5.23. The van der Waals surface area contributed by atoms with E-state index >= 15 is 0 Å². The van der Waals surface area contributed by atoms with E-state index in [2.05, 4.69) is 15.1 Å². The van der Waals surface area contributed by atoms with Crippen molar-refractivity contribution in [1.29, 1.82) is 0 Å². The number of hydrogen-bond donors (Lipinski definition) is 0. The normalized spacial score (nSPS) is 22.3. The first-order valence-electron chi connectivity index (χ1n) is 9.44. The summed E-state index contributed by atoms with van der Waals surface area (Å²) in [6.07, 6.45) is -5.03. The predicted molar refractivity (Wildman–Crippen MR) is 95.8 cm³/mol. The summed E-state index contributed by atoms with van der Waals surface area (Å²) in [6, 6.07) is -2.23. The summed E-state index contributed by atoms with van der Waals surface area (Å²) in [5.41, 5.74) is -1.01. The first kappa shape index (κ1) is 20.6. The van der Waals surface area contributed by atoms with Crippen LogP contribution in [-0.2, 0) is 17.8 Å². The lowest BCUT2D eigenvalue weighted by molar-refractivity contribution is -0.153. The Hall–Kier alpha value is -2.70. The molecule has 0 spiro atoms. The van der Waals surface area contributed by atoms with Gasteiger partial charge in [0, 0.05) is 13.1 Å². The number of aromatic nitrogens is 4. The zero-order valence-electron chi connectivity index (χ0n) is 16.3. The molecule has 0 N–H and O–H groups in total. The summed E-state index contributed by atoms with van der Waals surface area (Å²) < 4.78 is 67.4. The van der Waals surface area contributed by atoms with Crippen molar-refractivity contribution >= 4 is 11.8 Å². The highest BCUT2D eigenvalue weighted by atomic mass is 19.4. The van der Waals surface area contributed by atoms with Crippen molar-refractivity contribution in [2.45, 2.75) is 51.6 Å². The third-order valence-electron chi connectivity index (χ3n) is 5.23. The van der Waals surface area contributed by atoms with Crippen LogP contribution in [0.3, 0.4) is 0 Å². The maximum absolute atomic E-state index is 14.9. The highest BCUT2D eigenvalue weighted by Crippen LogP contribution is 2.35. The summed E-state index contributed by atoms with van der Waals surface area (Å²) in [7, 11) is 0. The fourth-order valence-corrected chi connectivity index (χ4v) is 3.78. The van der Waals surface area contributed by atoms with Crippen LogP contribution < -0.4 is 15.4 Å². The van der Waals surface area contributed by atoms with E-state index in [-0.39, 0.29) is 49.2 Å². The number of fused-ring (bicyclic) bond motifs is 1. The molecular formula is C17H20F4N6O3. The summed E-state index contributed by atoms with van der Waals surface area (Å²) in [5.74, 6) is -1.45. The van der Waals surface area contributed by atoms with Crippen LogP contribution in [0.1, 0.15) is 25.1 Å². The largest absolute Gasteiger partial charge is 0.408 e. The number of anilines is 2. The number of aryl methyl sites for hydroxylation is 1. The van der Waals surface area contributed by atoms with Crippen molar-refractivity contribution in [1.82, 2.24) is 19.7 Å². The number of rotatable bonds is 3. The SMILES string of the molecule is Cc1noc(CN2c3nc(N4CCOCC4C)c(F)c(=O)n3CCC2C(F)(F)F)n1. The van der Waals surface area contributed by atoms with Crippen molar-refractivity contribution in [3.05, 3.63) is 27.9 Å². The lowest BCUT2D eigenvalue weighted by Crippen LogP contribution is -2.53. The minimum Gasteiger partial charge on any atom is -0.377 e. The number of alkyl halides is 3. The van der Waals surface area contributed by atoms with Gasteiger partial charge in [-0.2, -0.15) is 27.5 Å². The van der Waals surface area contributed by atoms with Crippen molar-refractivity contribution < 1.29 is 26.8 Å². The summed E-state index contributed by atoms with van der Waals surface area (Å²) in [4.78, 5) is 23.2. The molecule has 0 bridgehead atoms. The molecule has 30 heavy (non-hydrogen) atoms. The summed E-state index contributed by atoms with van der Waals surface area (Å²) >= 11 is 0. The molecular weight excluding hydrogens is 412 g/mol. The van der Waals surface area contributed by atoms with Gasteiger partial charge in [-0.3, -0.25) is 9.36 Å². The van der Waals surface area contributed by atoms with Gasteiger partial charge >= 0.3 is 6.18 Å². The molecule has 0 amide bonds. The molecule has 1 saturated heterocycles. The Morgan fingerprint density at radius 2 is 2.00 bits per heavy atom. The van der Waals surface area contributed by atoms with Gasteiger partial charge in [-0.05, 0) is 20.3 Å². The molecule has 9 nitrogen and oxygen atoms in total. The van der Waals surface area contributed by atoms with E-state index in [1.165, 1.54) is 11.8 Å². The molecule has 0 aliphatic carbocycles. The van der Waals surface area contributed by atoms with Crippen LogP contribution in [0.5, 0.6) is 0 Å². The van der Waals surface area contributed by atoms with Crippen LogP contribution in [-0.4, -0.2) is 57.7 Å². The molecule has 2 aliphatic heterocycles. The van der Waals surface area contributed by atoms with E-state index in [1.807, 2.05) is 0 Å². The van der Waals surface area contributed by atoms with E-state index in [0.29, 0.717) is 6.61 Å². The smallest absolute Gasteiger partial charge is 0.377 e. The quantitative estimate of drug-likeness (QED) is 0.677. The minimum absolute atomic E-state index is 0.0601. The van der Waals surface area contributed by atoms with Gasteiger partial charge in [0.1, 0.15) is 12.6 Å². The molecule has 0 saturated carbocycles. The van der Waals surface area contributed by atoms with Gasteiger partial charge in [-0.15, -0.1) is 0 Å². The van der Waals surface area contributed by atoms with Gasteiger partial charge in [0.2, 0.25) is 17.7 Å². The van der Waals surface area contributed by atoms with Crippen LogP contribution >= 0.6 is 0 Å². The molecule has 13 heteroatoms. The van der Waals surface area contributed by atoms with Crippen molar-refractivity contribution in [3.63, 3.8) is 0 Å². The first-order chi connectivity index (χ1) is 14.2. The highest BCUT2D eigenvalue weighted by Gasteiger charge is 2.48. The lowest BCUT2D eigenvalue weighted by Gasteiger charge is -2.40. The molecule has 2 aromatic heterocycles. The van der Waals surface area contributed by atoms with Gasteiger partial charge in [0.05, 0.1) is 19.3 Å². The zero-order chi connectivity index (χ0) is 21.6. The monoisotopic (exact) mass is 432 g/mol. The van der Waals surface area contributed by atoms with Gasteiger partial charge in [0.25, 0.3) is 5.56 Å². The summed E-state index contributed by atoms with van der Waals surface area (Å²) in [5, 5.41) is 3.59. The molecule has 164 valence electrons. The van der Waals surface area contributed by atoms with Gasteiger partial charge in [-0.1, -0.05) is 5.16 Å². The Kier molecular flexibility index (Phi) is 5.16. The van der Waals surface area contributed by atoms with Gasteiger partial charge in [0.15, 0.2) is 11.6 Å². The maximum atomic E-state index is 14.9. The van der Waals surface area contributed by atoms with Crippen molar-refractivity contribution in [2.75, 3.05) is 29.6 Å². The molecule has 4 rings (SSSR count). The predicted octanol–water partition coefficient (Wildman–Crippen LogP) is 1.64. The minimum atomic E-state index is -4.60. The average Bonchev–Trinajstić information content (AvgIpc) is 3.09. The van der Waals surface area contributed by atoms with E-state index in [1.54, 1.807) is 6.92 Å². The molecule has 2 unspecified atom stereocenters. The second-order valence-electron chi connectivity index (χ2n) is 7.33. The highest BCUT2D eigenvalue weighted by molar-refractivity contribution is 5.48. The van der Waals surface area contributed by atoms with Crippen LogP contribution in [0.4, 0.5) is 29.3 Å². The van der Waals surface area contributed by atoms with Crippen LogP contribution in [0.15, 0.2) is 9.32 Å². The molecule has 2 aromatic rings. The lowest BCUT2D eigenvalue weighted by atomic mass is 10.1. The number of morpholine rings is 1.